The molecule has 0 fully saturated rings. The average Bonchev–Trinajstić information content (AvgIpc) is 2.51. The summed E-state index contributed by atoms with van der Waals surface area (Å²) in [4.78, 5) is 16.2. The van der Waals surface area contributed by atoms with E-state index >= 15 is 0 Å². The zero-order valence-corrected chi connectivity index (χ0v) is 7.31. The molecule has 0 atom stereocenters. The number of H-pyrrole nitrogens is 1. The Balaban J connectivity index is 2.79. The maximum absolute atomic E-state index is 11.1. The van der Waals surface area contributed by atoms with E-state index in [4.69, 9.17) is 16.5 Å². The second-order valence-electron chi connectivity index (χ2n) is 2.08. The van der Waals surface area contributed by atoms with Gasteiger partial charge in [0.15, 0.2) is 0 Å². The van der Waals surface area contributed by atoms with Crippen LogP contribution >= 0.6 is 11.8 Å². The fourth-order valence-electron chi connectivity index (χ4n) is 0.820. The summed E-state index contributed by atoms with van der Waals surface area (Å²) in [5, 5.41) is 0. The number of halogens is 1. The fraction of sp³-hybridized carbons (Fsp3) is 0.286. The number of aromatic nitrogens is 1. The van der Waals surface area contributed by atoms with E-state index in [1.165, 1.54) is 0 Å². The lowest BCUT2D eigenvalue weighted by Gasteiger charge is -2.00. The van der Waals surface area contributed by atoms with Crippen LogP contribution in [0.15, 0.2) is 12.3 Å². The predicted octanol–water partition coefficient (Wildman–Crippen LogP) is 1.76. The van der Waals surface area contributed by atoms with Gasteiger partial charge < -0.3 is 9.72 Å². The topological polar surface area (TPSA) is 54.1 Å². The molecule has 0 aliphatic rings. The maximum atomic E-state index is 11.1. The Morgan fingerprint density at radius 2 is 2.58 bits per heavy atom. The van der Waals surface area contributed by atoms with Crippen molar-refractivity contribution in [3.8, 4) is 0 Å². The highest BCUT2D eigenvalue weighted by atomic mass is 35.5. The van der Waals surface area contributed by atoms with Crippen molar-refractivity contribution in [1.82, 2.24) is 4.98 Å². The molecule has 0 spiro atoms. The van der Waals surface area contributed by atoms with Crippen molar-refractivity contribution < 1.29 is 9.53 Å². The number of nitrogens with one attached hydrogen (secondary N) is 2. The molecule has 0 aliphatic carbocycles. The Morgan fingerprint density at radius 3 is 3.17 bits per heavy atom. The number of aromatic amines is 1. The molecule has 0 saturated heterocycles. The zero-order valence-electron chi connectivity index (χ0n) is 6.56. The quantitative estimate of drug-likeness (QED) is 0.562. The third-order valence-electron chi connectivity index (χ3n) is 1.33. The van der Waals surface area contributed by atoms with Gasteiger partial charge in [0.25, 0.3) is 0 Å². The summed E-state index contributed by atoms with van der Waals surface area (Å²) in [6.45, 7) is 2.09. The lowest BCUT2D eigenvalue weighted by Crippen LogP contribution is -2.06. The molecule has 2 N–H and O–H groups in total. The molecule has 1 heterocycles. The molecule has 66 valence electrons. The van der Waals surface area contributed by atoms with Crippen molar-refractivity contribution >= 4 is 23.4 Å². The number of carbonyl (C=O) groups is 1. The molecule has 0 aliphatic heterocycles. The minimum Gasteiger partial charge on any atom is -0.461 e. The van der Waals surface area contributed by atoms with E-state index in [9.17, 15) is 4.79 Å². The minimum absolute atomic E-state index is 0.340. The number of hydrogen-bond donors (Lipinski definition) is 2. The van der Waals surface area contributed by atoms with Crippen molar-refractivity contribution in [2.45, 2.75) is 6.92 Å². The first-order chi connectivity index (χ1) is 5.79. The number of esters is 1. The Labute approximate surface area is 75.0 Å². The molecule has 0 saturated carbocycles. The van der Waals surface area contributed by atoms with Gasteiger partial charge in [-0.15, -0.1) is 0 Å². The van der Waals surface area contributed by atoms with Crippen molar-refractivity contribution in [1.29, 1.82) is 0 Å². The fourth-order valence-corrected chi connectivity index (χ4v) is 0.978. The highest BCUT2D eigenvalue weighted by Crippen LogP contribution is 2.14. The summed E-state index contributed by atoms with van der Waals surface area (Å²) in [6.07, 6.45) is 1.61. The number of ether oxygens (including phenoxy) is 1. The van der Waals surface area contributed by atoms with E-state index in [1.54, 1.807) is 19.2 Å². The first-order valence-corrected chi connectivity index (χ1v) is 3.88. The zero-order chi connectivity index (χ0) is 8.97. The molecule has 4 nitrogen and oxygen atoms in total. The third-order valence-corrected chi connectivity index (χ3v) is 1.53. The Morgan fingerprint density at radius 1 is 1.83 bits per heavy atom. The highest BCUT2D eigenvalue weighted by Gasteiger charge is 2.12. The van der Waals surface area contributed by atoms with Crippen LogP contribution in [-0.2, 0) is 4.74 Å². The van der Waals surface area contributed by atoms with Crippen LogP contribution in [0.5, 0.6) is 0 Å². The number of rotatable bonds is 3. The standard InChI is InChI=1S/C7H9ClN2O2/c1-2-12-7(11)6-5(10-8)3-4-9-6/h3-4,9-10H,2H2,1H3. The molecule has 0 amide bonds. The maximum Gasteiger partial charge on any atom is 0.356 e. The molecule has 1 rings (SSSR count). The summed E-state index contributed by atoms with van der Waals surface area (Å²) >= 11 is 5.34. The number of carbonyl (C=O) groups excluding carboxylic acids is 1. The second-order valence-corrected chi connectivity index (χ2v) is 2.27. The van der Waals surface area contributed by atoms with Crippen molar-refractivity contribution in [2.75, 3.05) is 11.4 Å². The van der Waals surface area contributed by atoms with E-state index in [1.807, 2.05) is 0 Å². The van der Waals surface area contributed by atoms with Crippen LogP contribution in [0.4, 0.5) is 5.69 Å². The highest BCUT2D eigenvalue weighted by molar-refractivity contribution is 6.25. The lowest BCUT2D eigenvalue weighted by molar-refractivity contribution is 0.0521. The Bertz CT molecular complexity index is 272. The molecule has 0 aromatic carbocycles. The molecule has 1 aromatic rings. The molecular formula is C7H9ClN2O2. The largest absolute Gasteiger partial charge is 0.461 e. The normalized spacial score (nSPS) is 9.50. The molecule has 0 radical (unpaired) electrons. The van der Waals surface area contributed by atoms with Crippen LogP contribution in [0.2, 0.25) is 0 Å². The van der Waals surface area contributed by atoms with Gasteiger partial charge in [-0.05, 0) is 13.0 Å². The van der Waals surface area contributed by atoms with Gasteiger partial charge in [0.2, 0.25) is 0 Å². The molecule has 1 aromatic heterocycles. The van der Waals surface area contributed by atoms with Gasteiger partial charge in [-0.2, -0.15) is 0 Å². The number of hydrogen-bond acceptors (Lipinski definition) is 3. The van der Waals surface area contributed by atoms with Gasteiger partial charge in [-0.3, -0.25) is 4.84 Å². The average molecular weight is 189 g/mol. The first-order valence-electron chi connectivity index (χ1n) is 3.50. The SMILES string of the molecule is CCOC(=O)c1[nH]ccc1NCl. The van der Waals surface area contributed by atoms with E-state index in [0.29, 0.717) is 18.0 Å². The lowest BCUT2D eigenvalue weighted by atomic mass is 10.4. The third kappa shape index (κ3) is 1.71. The van der Waals surface area contributed by atoms with Crippen molar-refractivity contribution in [2.24, 2.45) is 0 Å². The minimum atomic E-state index is -0.411. The summed E-state index contributed by atoms with van der Waals surface area (Å²) < 4.78 is 4.76. The van der Waals surface area contributed by atoms with Crippen LogP contribution < -0.4 is 4.84 Å². The van der Waals surface area contributed by atoms with E-state index in [2.05, 4.69) is 9.82 Å². The summed E-state index contributed by atoms with van der Waals surface area (Å²) in [5.74, 6) is -0.411. The molecule has 0 unspecified atom stereocenters. The van der Waals surface area contributed by atoms with Gasteiger partial charge in [0, 0.05) is 18.0 Å². The molecular weight excluding hydrogens is 180 g/mol. The first kappa shape index (κ1) is 8.93. The Kier molecular flexibility index (Phi) is 2.99. The van der Waals surface area contributed by atoms with Crippen molar-refractivity contribution in [3.05, 3.63) is 18.0 Å². The van der Waals surface area contributed by atoms with E-state index in [0.717, 1.165) is 0 Å². The van der Waals surface area contributed by atoms with Crippen LogP contribution in [0, 0.1) is 0 Å². The second kappa shape index (κ2) is 4.01. The summed E-state index contributed by atoms with van der Waals surface area (Å²) in [5.41, 5.74) is 0.863. The van der Waals surface area contributed by atoms with Gasteiger partial charge >= 0.3 is 5.97 Å². The predicted molar refractivity (Wildman–Crippen MR) is 46.2 cm³/mol. The van der Waals surface area contributed by atoms with Crippen molar-refractivity contribution in [3.63, 3.8) is 0 Å². The monoisotopic (exact) mass is 188 g/mol. The summed E-state index contributed by atoms with van der Waals surface area (Å²) in [7, 11) is 0. The van der Waals surface area contributed by atoms with E-state index < -0.39 is 5.97 Å². The molecule has 5 heteroatoms. The van der Waals surface area contributed by atoms with Crippen LogP contribution in [-0.4, -0.2) is 17.6 Å². The van der Waals surface area contributed by atoms with Gasteiger partial charge in [-0.25, -0.2) is 4.79 Å². The smallest absolute Gasteiger partial charge is 0.356 e. The van der Waals surface area contributed by atoms with Gasteiger partial charge in [0.05, 0.1) is 12.3 Å². The Hall–Kier alpha value is -1.16. The number of anilines is 1. The van der Waals surface area contributed by atoms with Crippen LogP contribution in [0.3, 0.4) is 0 Å². The molecule has 12 heavy (non-hydrogen) atoms. The summed E-state index contributed by atoms with van der Waals surface area (Å²) in [6, 6.07) is 1.65. The molecule has 0 bridgehead atoms. The van der Waals surface area contributed by atoms with Crippen LogP contribution in [0.1, 0.15) is 17.4 Å². The van der Waals surface area contributed by atoms with Gasteiger partial charge in [-0.1, -0.05) is 0 Å². The van der Waals surface area contributed by atoms with Crippen LogP contribution in [0.25, 0.3) is 0 Å². The van der Waals surface area contributed by atoms with E-state index in [-0.39, 0.29) is 0 Å². The van der Waals surface area contributed by atoms with Gasteiger partial charge in [0.1, 0.15) is 5.69 Å².